The molecule has 2 heterocycles. The molecule has 148 valence electrons. The number of hydrogen-bond donors (Lipinski definition) is 3. The summed E-state index contributed by atoms with van der Waals surface area (Å²) in [5, 5.41) is 27.6. The number of hydrogen-bond acceptors (Lipinski definition) is 6. The van der Waals surface area contributed by atoms with Crippen LogP contribution in [0.15, 0.2) is 12.3 Å². The minimum absolute atomic E-state index is 0.0538. The second-order valence-corrected chi connectivity index (χ2v) is 13.9. The molecule has 0 saturated heterocycles. The lowest BCUT2D eigenvalue weighted by molar-refractivity contribution is 0.0676. The van der Waals surface area contributed by atoms with Crippen molar-refractivity contribution < 1.29 is 19.7 Å². The van der Waals surface area contributed by atoms with Crippen LogP contribution in [0.3, 0.4) is 0 Å². The van der Waals surface area contributed by atoms with Crippen molar-refractivity contribution in [2.45, 2.75) is 63.8 Å². The number of nitrogens with zero attached hydrogens (tertiary/aromatic N) is 3. The van der Waals surface area contributed by atoms with Crippen LogP contribution in [-0.4, -0.2) is 57.8 Å². The molecule has 0 bridgehead atoms. The lowest BCUT2D eigenvalue weighted by Crippen LogP contribution is -2.28. The third-order valence-electron chi connectivity index (χ3n) is 4.87. The number of aliphatic hydroxyl groups excluding tert-OH is 1. The van der Waals surface area contributed by atoms with Gasteiger partial charge in [0.2, 0.25) is 0 Å². The third-order valence-corrected chi connectivity index (χ3v) is 6.57. The average Bonchev–Trinajstić information content (AvgIpc) is 3.16. The van der Waals surface area contributed by atoms with Gasteiger partial charge in [0.05, 0.1) is 17.5 Å². The number of nitrogens with one attached hydrogen (secondary N) is 1. The molecule has 27 heavy (non-hydrogen) atoms. The van der Waals surface area contributed by atoms with Crippen molar-refractivity contribution in [1.29, 1.82) is 0 Å². The summed E-state index contributed by atoms with van der Waals surface area (Å²) in [6.07, 6.45) is 3.74. The minimum atomic E-state index is -1.20. The summed E-state index contributed by atoms with van der Waals surface area (Å²) < 4.78 is 7.23. The molecule has 3 rings (SSSR count). The highest BCUT2D eigenvalue weighted by molar-refractivity contribution is 6.76. The van der Waals surface area contributed by atoms with Crippen molar-refractivity contribution in [3.63, 3.8) is 0 Å². The lowest BCUT2D eigenvalue weighted by Gasteiger charge is -2.18. The third kappa shape index (κ3) is 4.66. The van der Waals surface area contributed by atoms with E-state index in [9.17, 15) is 15.0 Å². The first-order chi connectivity index (χ1) is 12.8. The second-order valence-electron chi connectivity index (χ2n) is 8.31. The van der Waals surface area contributed by atoms with Crippen molar-refractivity contribution in [3.8, 4) is 0 Å². The molecule has 8 nitrogen and oxygen atoms in total. The normalized spacial score (nSPS) is 20.3. The first-order valence-corrected chi connectivity index (χ1v) is 13.1. The number of aromatic nitrogens is 3. The van der Waals surface area contributed by atoms with Crippen LogP contribution < -0.4 is 5.32 Å². The van der Waals surface area contributed by atoms with Crippen molar-refractivity contribution in [2.75, 3.05) is 11.9 Å². The molecule has 0 radical (unpaired) electrons. The highest BCUT2D eigenvalue weighted by Crippen LogP contribution is 2.29. The molecule has 3 N–H and O–H groups in total. The van der Waals surface area contributed by atoms with Crippen LogP contribution >= 0.6 is 0 Å². The highest BCUT2D eigenvalue weighted by Gasteiger charge is 2.27. The molecule has 1 fully saturated rings. The van der Waals surface area contributed by atoms with E-state index in [4.69, 9.17) is 4.74 Å². The molecule has 9 heteroatoms. The van der Waals surface area contributed by atoms with Gasteiger partial charge >= 0.3 is 5.97 Å². The van der Waals surface area contributed by atoms with Crippen LogP contribution in [0.1, 0.15) is 29.8 Å². The summed E-state index contributed by atoms with van der Waals surface area (Å²) in [6, 6.07) is 2.67. The zero-order valence-corrected chi connectivity index (χ0v) is 17.1. The van der Waals surface area contributed by atoms with E-state index in [-0.39, 0.29) is 18.5 Å². The number of aliphatic hydroxyl groups is 1. The van der Waals surface area contributed by atoms with E-state index in [1.54, 1.807) is 12.3 Å². The van der Waals surface area contributed by atoms with Crippen molar-refractivity contribution in [1.82, 2.24) is 14.8 Å². The molecular weight excluding hydrogens is 364 g/mol. The number of fused-ring (bicyclic) bond motifs is 1. The van der Waals surface area contributed by atoms with Crippen molar-refractivity contribution in [2.24, 2.45) is 0 Å². The summed E-state index contributed by atoms with van der Waals surface area (Å²) in [5.41, 5.74) is 1.05. The molecule has 2 aromatic rings. The van der Waals surface area contributed by atoms with Crippen molar-refractivity contribution >= 4 is 30.8 Å². The molecule has 1 aliphatic rings. The van der Waals surface area contributed by atoms with Crippen LogP contribution in [0.25, 0.3) is 11.0 Å². The molecule has 0 amide bonds. The number of carboxylic acid groups (broad SMARTS) is 1. The Hall–Kier alpha value is -1.97. The molecule has 2 atom stereocenters. The number of rotatable bonds is 8. The Morgan fingerprint density at radius 2 is 2.19 bits per heavy atom. The van der Waals surface area contributed by atoms with Gasteiger partial charge in [0.1, 0.15) is 6.73 Å². The Kier molecular flexibility index (Phi) is 5.83. The molecular formula is C18H28N4O4Si. The molecule has 0 aromatic carbocycles. The first-order valence-electron chi connectivity index (χ1n) is 9.37. The fourth-order valence-corrected chi connectivity index (χ4v) is 4.05. The smallest absolute Gasteiger partial charge is 0.357 e. The second kappa shape index (κ2) is 7.95. The molecule has 1 saturated carbocycles. The van der Waals surface area contributed by atoms with Crippen LogP contribution in [0, 0.1) is 0 Å². The average molecular weight is 393 g/mol. The maximum absolute atomic E-state index is 11.7. The van der Waals surface area contributed by atoms with E-state index < -0.39 is 20.1 Å². The largest absolute Gasteiger partial charge is 0.476 e. The molecule has 0 unspecified atom stereocenters. The van der Waals surface area contributed by atoms with Gasteiger partial charge in [0.15, 0.2) is 11.3 Å². The predicted molar refractivity (Wildman–Crippen MR) is 106 cm³/mol. The van der Waals surface area contributed by atoms with Gasteiger partial charge in [-0.05, 0) is 31.4 Å². The fourth-order valence-electron chi connectivity index (χ4n) is 3.30. The Bertz CT molecular complexity index is 818. The predicted octanol–water partition coefficient (Wildman–Crippen LogP) is 2.77. The molecule has 2 aromatic heterocycles. The summed E-state index contributed by atoms with van der Waals surface area (Å²) in [7, 11) is -1.20. The number of carbonyl (C=O) groups is 1. The fraction of sp³-hybridized carbons (Fsp3) is 0.611. The zero-order valence-electron chi connectivity index (χ0n) is 16.1. The van der Waals surface area contributed by atoms with Gasteiger partial charge in [-0.2, -0.15) is 5.10 Å². The van der Waals surface area contributed by atoms with Gasteiger partial charge in [-0.1, -0.05) is 19.6 Å². The van der Waals surface area contributed by atoms with E-state index in [1.165, 1.54) is 4.68 Å². The number of aromatic carboxylic acids is 1. The number of pyridine rings is 1. The topological polar surface area (TPSA) is 110 Å². The Balaban J connectivity index is 1.85. The Morgan fingerprint density at radius 3 is 2.81 bits per heavy atom. The number of anilines is 1. The molecule has 0 aliphatic heterocycles. The van der Waals surface area contributed by atoms with Gasteiger partial charge in [-0.25, -0.2) is 14.5 Å². The summed E-state index contributed by atoms with van der Waals surface area (Å²) in [6.45, 7) is 7.61. The molecule has 0 spiro atoms. The van der Waals surface area contributed by atoms with Crippen molar-refractivity contribution in [3.05, 3.63) is 18.0 Å². The van der Waals surface area contributed by atoms with E-state index >= 15 is 0 Å². The van der Waals surface area contributed by atoms with Gasteiger partial charge in [0, 0.05) is 26.6 Å². The van der Waals surface area contributed by atoms with Gasteiger partial charge in [-0.3, -0.25) is 0 Å². The SMILES string of the molecule is C[Si](C)(C)CCOCn1nc(C(=O)O)c2c(N[C@@H]3CCC[C@H]3O)ccnc21. The van der Waals surface area contributed by atoms with E-state index in [0.717, 1.165) is 25.3 Å². The first kappa shape index (κ1) is 19.8. The maximum atomic E-state index is 11.7. The van der Waals surface area contributed by atoms with E-state index in [0.29, 0.717) is 23.3 Å². The van der Waals surface area contributed by atoms with Gasteiger partial charge < -0.3 is 20.3 Å². The highest BCUT2D eigenvalue weighted by atomic mass is 28.3. The standard InChI is InChI=1S/C18H28N4O4Si/c1-27(2,3)10-9-26-11-22-17-15(16(21-22)18(24)25)13(7-8-19-17)20-12-5-4-6-14(12)23/h7-8,12,14,23H,4-6,9-11H2,1-3H3,(H,19,20)(H,24,25)/t12-,14-/m1/s1. The number of carboxylic acids is 1. The van der Waals surface area contributed by atoms with Crippen LogP contribution in [0.2, 0.25) is 25.7 Å². The molecule has 1 aliphatic carbocycles. The maximum Gasteiger partial charge on any atom is 0.357 e. The van der Waals surface area contributed by atoms with E-state index in [2.05, 4.69) is 35.0 Å². The van der Waals surface area contributed by atoms with Crippen LogP contribution in [0.5, 0.6) is 0 Å². The quantitative estimate of drug-likeness (QED) is 0.468. The van der Waals surface area contributed by atoms with Gasteiger partial charge in [0.25, 0.3) is 0 Å². The van der Waals surface area contributed by atoms with Crippen LogP contribution in [0.4, 0.5) is 5.69 Å². The summed E-state index contributed by atoms with van der Waals surface area (Å²) in [4.78, 5) is 16.1. The minimum Gasteiger partial charge on any atom is -0.476 e. The van der Waals surface area contributed by atoms with Crippen LogP contribution in [-0.2, 0) is 11.5 Å². The lowest BCUT2D eigenvalue weighted by atomic mass is 10.1. The zero-order chi connectivity index (χ0) is 19.6. The number of ether oxygens (including phenoxy) is 1. The van der Waals surface area contributed by atoms with Gasteiger partial charge in [-0.15, -0.1) is 0 Å². The summed E-state index contributed by atoms with van der Waals surface area (Å²) >= 11 is 0. The Labute approximate surface area is 159 Å². The summed E-state index contributed by atoms with van der Waals surface area (Å²) in [5.74, 6) is -1.11. The monoisotopic (exact) mass is 392 g/mol. The van der Waals surface area contributed by atoms with E-state index in [1.807, 2.05) is 0 Å². The Morgan fingerprint density at radius 1 is 1.41 bits per heavy atom.